The molecule has 0 aliphatic heterocycles. The molecule has 108 valence electrons. The SMILES string of the molecule is CCC(C)(C(NN)c1ccc(OC)cc1F)N(C)C. The van der Waals surface area contributed by atoms with Crippen LogP contribution in [0.3, 0.4) is 0 Å². The highest BCUT2D eigenvalue weighted by Gasteiger charge is 2.36. The summed E-state index contributed by atoms with van der Waals surface area (Å²) in [5.74, 6) is 5.85. The van der Waals surface area contributed by atoms with Crippen molar-refractivity contribution >= 4 is 0 Å². The lowest BCUT2D eigenvalue weighted by Crippen LogP contribution is -2.53. The number of halogens is 1. The molecule has 0 aliphatic rings. The highest BCUT2D eigenvalue weighted by Crippen LogP contribution is 2.34. The summed E-state index contributed by atoms with van der Waals surface area (Å²) in [5.41, 5.74) is 3.00. The second kappa shape index (κ2) is 6.32. The van der Waals surface area contributed by atoms with Gasteiger partial charge in [-0.2, -0.15) is 0 Å². The predicted octanol–water partition coefficient (Wildman–Crippen LogP) is 2.07. The number of nitrogens with two attached hydrogens (primary N) is 1. The molecule has 2 unspecified atom stereocenters. The molecule has 1 aromatic carbocycles. The molecule has 0 radical (unpaired) electrons. The van der Waals surface area contributed by atoms with Gasteiger partial charge in [-0.15, -0.1) is 0 Å². The van der Waals surface area contributed by atoms with Crippen LogP contribution in [0.1, 0.15) is 31.9 Å². The largest absolute Gasteiger partial charge is 0.497 e. The Morgan fingerprint density at radius 3 is 2.47 bits per heavy atom. The Morgan fingerprint density at radius 2 is 2.11 bits per heavy atom. The molecule has 0 aliphatic carbocycles. The number of ether oxygens (including phenoxy) is 1. The van der Waals surface area contributed by atoms with E-state index in [4.69, 9.17) is 10.6 Å². The molecule has 1 rings (SSSR count). The van der Waals surface area contributed by atoms with Crippen molar-refractivity contribution in [2.45, 2.75) is 31.8 Å². The topological polar surface area (TPSA) is 50.5 Å². The summed E-state index contributed by atoms with van der Waals surface area (Å²) < 4.78 is 19.2. The Labute approximate surface area is 114 Å². The molecule has 1 aromatic rings. The zero-order valence-corrected chi connectivity index (χ0v) is 12.3. The van der Waals surface area contributed by atoms with Crippen molar-refractivity contribution in [3.05, 3.63) is 29.6 Å². The van der Waals surface area contributed by atoms with Crippen molar-refractivity contribution in [1.29, 1.82) is 0 Å². The van der Waals surface area contributed by atoms with Crippen LogP contribution in [0, 0.1) is 5.82 Å². The number of likely N-dealkylation sites (N-methyl/N-ethyl adjacent to an activating group) is 1. The standard InChI is InChI=1S/C14H24FN3O/c1-6-14(2,18(3)4)13(17-16)11-8-7-10(19-5)9-12(11)15/h7-9,13,17H,6,16H2,1-5H3. The Bertz CT molecular complexity index is 425. The fourth-order valence-corrected chi connectivity index (χ4v) is 2.25. The summed E-state index contributed by atoms with van der Waals surface area (Å²) in [6.07, 6.45) is 0.834. The van der Waals surface area contributed by atoms with E-state index in [9.17, 15) is 4.39 Å². The average molecular weight is 269 g/mol. The highest BCUT2D eigenvalue weighted by atomic mass is 19.1. The third kappa shape index (κ3) is 3.05. The van der Waals surface area contributed by atoms with Crippen LogP contribution in [0.2, 0.25) is 0 Å². The molecule has 5 heteroatoms. The first-order valence-electron chi connectivity index (χ1n) is 6.37. The third-order valence-electron chi connectivity index (χ3n) is 4.04. The van der Waals surface area contributed by atoms with Gasteiger partial charge in [0.15, 0.2) is 0 Å². The summed E-state index contributed by atoms with van der Waals surface area (Å²) in [6.45, 7) is 4.12. The van der Waals surface area contributed by atoms with E-state index in [1.54, 1.807) is 12.1 Å². The fraction of sp³-hybridized carbons (Fsp3) is 0.571. The van der Waals surface area contributed by atoms with Gasteiger partial charge in [-0.05, 0) is 33.5 Å². The summed E-state index contributed by atoms with van der Waals surface area (Å²) in [7, 11) is 5.45. The zero-order chi connectivity index (χ0) is 14.6. The second-order valence-electron chi connectivity index (χ2n) is 5.09. The average Bonchev–Trinajstić information content (AvgIpc) is 2.40. The normalized spacial score (nSPS) is 16.2. The van der Waals surface area contributed by atoms with Crippen LogP contribution in [0.15, 0.2) is 18.2 Å². The Morgan fingerprint density at radius 1 is 1.47 bits per heavy atom. The molecule has 0 heterocycles. The second-order valence-corrected chi connectivity index (χ2v) is 5.09. The molecule has 0 amide bonds. The maximum Gasteiger partial charge on any atom is 0.131 e. The number of hydrogen-bond donors (Lipinski definition) is 2. The van der Waals surface area contributed by atoms with Gasteiger partial charge < -0.3 is 9.64 Å². The minimum atomic E-state index is -0.316. The molecule has 0 saturated carbocycles. The molecular weight excluding hydrogens is 245 g/mol. The van der Waals surface area contributed by atoms with Gasteiger partial charge in [-0.3, -0.25) is 11.3 Å². The maximum atomic E-state index is 14.2. The zero-order valence-electron chi connectivity index (χ0n) is 12.3. The first kappa shape index (κ1) is 15.9. The van der Waals surface area contributed by atoms with Crippen LogP contribution in [-0.2, 0) is 0 Å². The Kier molecular flexibility index (Phi) is 5.29. The van der Waals surface area contributed by atoms with Crippen LogP contribution >= 0.6 is 0 Å². The van der Waals surface area contributed by atoms with E-state index in [2.05, 4.69) is 24.2 Å². The maximum absolute atomic E-state index is 14.2. The van der Waals surface area contributed by atoms with Crippen molar-refractivity contribution in [2.75, 3.05) is 21.2 Å². The van der Waals surface area contributed by atoms with Crippen LogP contribution in [-0.4, -0.2) is 31.6 Å². The molecule has 2 atom stereocenters. The summed E-state index contributed by atoms with van der Waals surface area (Å²) in [5, 5.41) is 0. The van der Waals surface area contributed by atoms with Gasteiger partial charge in [0, 0.05) is 17.2 Å². The first-order chi connectivity index (χ1) is 8.90. The molecule has 3 N–H and O–H groups in total. The number of hydrogen-bond acceptors (Lipinski definition) is 4. The molecular formula is C14H24FN3O. The number of rotatable bonds is 6. The monoisotopic (exact) mass is 269 g/mol. The Hall–Kier alpha value is -1.17. The van der Waals surface area contributed by atoms with E-state index in [-0.39, 0.29) is 17.4 Å². The van der Waals surface area contributed by atoms with Gasteiger partial charge in [0.2, 0.25) is 0 Å². The summed E-state index contributed by atoms with van der Waals surface area (Å²) in [4.78, 5) is 2.06. The molecule has 0 fully saturated rings. The minimum absolute atomic E-state index is 0.288. The van der Waals surface area contributed by atoms with Crippen LogP contribution in [0.25, 0.3) is 0 Å². The number of nitrogens with one attached hydrogen (secondary N) is 1. The molecule has 0 spiro atoms. The third-order valence-corrected chi connectivity index (χ3v) is 4.04. The van der Waals surface area contributed by atoms with Crippen LogP contribution in [0.4, 0.5) is 4.39 Å². The molecule has 0 aromatic heterocycles. The number of methoxy groups -OCH3 is 1. The van der Waals surface area contributed by atoms with E-state index >= 15 is 0 Å². The van der Waals surface area contributed by atoms with Crippen LogP contribution in [0.5, 0.6) is 5.75 Å². The van der Waals surface area contributed by atoms with Gasteiger partial charge >= 0.3 is 0 Å². The van der Waals surface area contributed by atoms with Gasteiger partial charge in [-0.1, -0.05) is 13.0 Å². The molecule has 0 saturated heterocycles. The van der Waals surface area contributed by atoms with Crippen LogP contribution < -0.4 is 16.0 Å². The minimum Gasteiger partial charge on any atom is -0.497 e. The van der Waals surface area contributed by atoms with Crippen molar-refractivity contribution < 1.29 is 9.13 Å². The quantitative estimate of drug-likeness (QED) is 0.613. The first-order valence-corrected chi connectivity index (χ1v) is 6.37. The van der Waals surface area contributed by atoms with Crippen molar-refractivity contribution in [3.63, 3.8) is 0 Å². The van der Waals surface area contributed by atoms with E-state index in [1.807, 2.05) is 14.1 Å². The highest BCUT2D eigenvalue weighted by molar-refractivity contribution is 5.32. The number of benzene rings is 1. The summed E-state index contributed by atoms with van der Waals surface area (Å²) >= 11 is 0. The van der Waals surface area contributed by atoms with E-state index < -0.39 is 0 Å². The van der Waals surface area contributed by atoms with E-state index in [0.717, 1.165) is 6.42 Å². The smallest absolute Gasteiger partial charge is 0.131 e. The predicted molar refractivity (Wildman–Crippen MR) is 75.4 cm³/mol. The van der Waals surface area contributed by atoms with Gasteiger partial charge in [0.05, 0.1) is 13.2 Å². The van der Waals surface area contributed by atoms with Crippen molar-refractivity contribution in [3.8, 4) is 5.75 Å². The molecule has 19 heavy (non-hydrogen) atoms. The van der Waals surface area contributed by atoms with Crippen molar-refractivity contribution in [1.82, 2.24) is 10.3 Å². The van der Waals surface area contributed by atoms with Gasteiger partial charge in [0.1, 0.15) is 11.6 Å². The number of hydrazine groups is 1. The molecule has 4 nitrogen and oxygen atoms in total. The lowest BCUT2D eigenvalue weighted by atomic mass is 9.83. The number of nitrogens with zero attached hydrogens (tertiary/aromatic N) is 1. The van der Waals surface area contributed by atoms with Crippen molar-refractivity contribution in [2.24, 2.45) is 5.84 Å². The lowest BCUT2D eigenvalue weighted by molar-refractivity contribution is 0.111. The molecule has 0 bridgehead atoms. The van der Waals surface area contributed by atoms with E-state index in [1.165, 1.54) is 13.2 Å². The summed E-state index contributed by atoms with van der Waals surface area (Å²) in [6, 6.07) is 4.54. The van der Waals surface area contributed by atoms with E-state index in [0.29, 0.717) is 11.3 Å². The Balaban J connectivity index is 3.23. The van der Waals surface area contributed by atoms with Gasteiger partial charge in [-0.25, -0.2) is 4.39 Å². The fourth-order valence-electron chi connectivity index (χ4n) is 2.25. The van der Waals surface area contributed by atoms with Gasteiger partial charge in [0.25, 0.3) is 0 Å². The lowest BCUT2D eigenvalue weighted by Gasteiger charge is -2.42.